The standard InChI is InChI=1S/C9H9N.C3H8O/c1-2-4-9-7-10-6-5-8(9)3-1;1-3(2)4/h1-4,7H,5-6H2;3-4H,1-2H3. The SMILES string of the molecule is C1=NCCc2ccccc21.CC(C)O. The van der Waals surface area contributed by atoms with Gasteiger partial charge in [0.1, 0.15) is 0 Å². The second-order valence-electron chi connectivity index (χ2n) is 3.58. The molecule has 1 aliphatic rings. The van der Waals surface area contributed by atoms with Gasteiger partial charge in [0.15, 0.2) is 0 Å². The molecule has 0 bridgehead atoms. The summed E-state index contributed by atoms with van der Waals surface area (Å²) in [6.07, 6.45) is 2.89. The lowest BCUT2D eigenvalue weighted by molar-refractivity contribution is 0.216. The highest BCUT2D eigenvalue weighted by Gasteiger charge is 2.01. The molecule has 2 nitrogen and oxygen atoms in total. The van der Waals surface area contributed by atoms with E-state index in [2.05, 4.69) is 29.3 Å². The highest BCUT2D eigenvalue weighted by Crippen LogP contribution is 2.10. The Morgan fingerprint density at radius 2 is 1.93 bits per heavy atom. The highest BCUT2D eigenvalue weighted by atomic mass is 16.3. The van der Waals surface area contributed by atoms with Gasteiger partial charge in [0.25, 0.3) is 0 Å². The van der Waals surface area contributed by atoms with E-state index in [4.69, 9.17) is 5.11 Å². The lowest BCUT2D eigenvalue weighted by Crippen LogP contribution is -2.01. The Kier molecular flexibility index (Phi) is 4.33. The highest BCUT2D eigenvalue weighted by molar-refractivity contribution is 5.82. The minimum absolute atomic E-state index is 0.167. The monoisotopic (exact) mass is 191 g/mol. The van der Waals surface area contributed by atoms with Gasteiger partial charge in [-0.3, -0.25) is 4.99 Å². The van der Waals surface area contributed by atoms with Crippen LogP contribution in [0, 0.1) is 0 Å². The van der Waals surface area contributed by atoms with Gasteiger partial charge >= 0.3 is 0 Å². The molecule has 2 rings (SSSR count). The van der Waals surface area contributed by atoms with Gasteiger partial charge in [0.2, 0.25) is 0 Å². The zero-order valence-electron chi connectivity index (χ0n) is 8.77. The van der Waals surface area contributed by atoms with Crippen LogP contribution >= 0.6 is 0 Å². The molecule has 0 aromatic heterocycles. The van der Waals surface area contributed by atoms with Crippen molar-refractivity contribution in [3.63, 3.8) is 0 Å². The van der Waals surface area contributed by atoms with Crippen molar-refractivity contribution in [1.82, 2.24) is 0 Å². The predicted molar refractivity (Wildman–Crippen MR) is 60.0 cm³/mol. The Hall–Kier alpha value is -1.15. The number of aliphatic hydroxyl groups excluding tert-OH is 1. The van der Waals surface area contributed by atoms with Gasteiger partial charge in [0, 0.05) is 18.9 Å². The molecular weight excluding hydrogens is 174 g/mol. The fourth-order valence-electron chi connectivity index (χ4n) is 1.24. The molecule has 0 saturated carbocycles. The zero-order valence-corrected chi connectivity index (χ0v) is 8.77. The van der Waals surface area contributed by atoms with Crippen molar-refractivity contribution in [3.8, 4) is 0 Å². The smallest absolute Gasteiger partial charge is 0.0483 e. The maximum Gasteiger partial charge on any atom is 0.0483 e. The number of hydrogen-bond acceptors (Lipinski definition) is 2. The normalized spacial score (nSPS) is 13.1. The molecule has 2 heteroatoms. The Morgan fingerprint density at radius 1 is 1.29 bits per heavy atom. The van der Waals surface area contributed by atoms with E-state index in [1.165, 1.54) is 11.1 Å². The van der Waals surface area contributed by atoms with Crippen LogP contribution in [0.2, 0.25) is 0 Å². The summed E-state index contributed by atoms with van der Waals surface area (Å²) in [4.78, 5) is 4.19. The van der Waals surface area contributed by atoms with Crippen LogP contribution in [0.5, 0.6) is 0 Å². The van der Waals surface area contributed by atoms with Gasteiger partial charge in [-0.1, -0.05) is 24.3 Å². The molecule has 1 heterocycles. The average molecular weight is 191 g/mol. The molecule has 0 unspecified atom stereocenters. The van der Waals surface area contributed by atoms with E-state index in [9.17, 15) is 0 Å². The van der Waals surface area contributed by atoms with Crippen molar-refractivity contribution in [1.29, 1.82) is 0 Å². The molecule has 1 aliphatic heterocycles. The lowest BCUT2D eigenvalue weighted by atomic mass is 10.0. The Balaban J connectivity index is 0.000000213. The van der Waals surface area contributed by atoms with Crippen LogP contribution in [0.3, 0.4) is 0 Å². The summed E-state index contributed by atoms with van der Waals surface area (Å²) < 4.78 is 0. The van der Waals surface area contributed by atoms with Gasteiger partial charge in [-0.05, 0) is 31.4 Å². The first-order valence-corrected chi connectivity index (χ1v) is 4.96. The Bertz CT molecular complexity index is 302. The Morgan fingerprint density at radius 3 is 2.57 bits per heavy atom. The number of aliphatic imine (C=N–C) groups is 1. The van der Waals surface area contributed by atoms with Crippen LogP contribution < -0.4 is 0 Å². The van der Waals surface area contributed by atoms with Gasteiger partial charge in [-0.2, -0.15) is 0 Å². The number of aliphatic hydroxyl groups is 1. The van der Waals surface area contributed by atoms with Crippen LogP contribution in [-0.4, -0.2) is 24.0 Å². The van der Waals surface area contributed by atoms with E-state index < -0.39 is 0 Å². The fraction of sp³-hybridized carbons (Fsp3) is 0.417. The number of hydrogen-bond donors (Lipinski definition) is 1. The largest absolute Gasteiger partial charge is 0.394 e. The second-order valence-corrected chi connectivity index (χ2v) is 3.58. The van der Waals surface area contributed by atoms with E-state index in [0.29, 0.717) is 0 Å². The maximum absolute atomic E-state index is 8.06. The first kappa shape index (κ1) is 10.9. The van der Waals surface area contributed by atoms with Crippen molar-refractivity contribution in [2.24, 2.45) is 4.99 Å². The van der Waals surface area contributed by atoms with E-state index in [1.807, 2.05) is 6.21 Å². The van der Waals surface area contributed by atoms with Crippen LogP contribution in [0.4, 0.5) is 0 Å². The van der Waals surface area contributed by atoms with Crippen molar-refractivity contribution < 1.29 is 5.11 Å². The first-order valence-electron chi connectivity index (χ1n) is 4.96. The van der Waals surface area contributed by atoms with Crippen LogP contribution in [0.15, 0.2) is 29.3 Å². The molecule has 0 radical (unpaired) electrons. The molecule has 0 amide bonds. The summed E-state index contributed by atoms with van der Waals surface area (Å²) in [6.45, 7) is 4.40. The predicted octanol–water partition coefficient (Wildman–Crippen LogP) is 2.05. The van der Waals surface area contributed by atoms with E-state index >= 15 is 0 Å². The summed E-state index contributed by atoms with van der Waals surface area (Å²) >= 11 is 0. The molecule has 0 atom stereocenters. The van der Waals surface area contributed by atoms with Crippen LogP contribution in [-0.2, 0) is 6.42 Å². The maximum atomic E-state index is 8.06. The molecule has 0 fully saturated rings. The Labute approximate surface area is 85.3 Å². The number of fused-ring (bicyclic) bond motifs is 1. The number of rotatable bonds is 0. The van der Waals surface area contributed by atoms with Crippen LogP contribution in [0.25, 0.3) is 0 Å². The molecule has 1 aromatic carbocycles. The van der Waals surface area contributed by atoms with E-state index in [0.717, 1.165) is 13.0 Å². The molecular formula is C12H17NO. The third kappa shape index (κ3) is 3.71. The molecule has 1 aromatic rings. The molecule has 0 spiro atoms. The molecule has 14 heavy (non-hydrogen) atoms. The quantitative estimate of drug-likeness (QED) is 0.668. The number of benzene rings is 1. The first-order chi connectivity index (χ1) is 6.70. The zero-order chi connectivity index (χ0) is 10.4. The summed E-state index contributed by atoms with van der Waals surface area (Å²) in [6, 6.07) is 8.41. The summed E-state index contributed by atoms with van der Waals surface area (Å²) in [5.74, 6) is 0. The van der Waals surface area contributed by atoms with Gasteiger partial charge in [-0.25, -0.2) is 0 Å². The third-order valence-electron chi connectivity index (χ3n) is 1.80. The molecule has 0 saturated heterocycles. The minimum Gasteiger partial charge on any atom is -0.394 e. The molecule has 0 aliphatic carbocycles. The van der Waals surface area contributed by atoms with Gasteiger partial charge in [-0.15, -0.1) is 0 Å². The molecule has 1 N–H and O–H groups in total. The topological polar surface area (TPSA) is 32.6 Å². The lowest BCUT2D eigenvalue weighted by Gasteiger charge is -2.07. The average Bonchev–Trinajstić information content (AvgIpc) is 2.17. The number of nitrogens with zero attached hydrogens (tertiary/aromatic N) is 1. The van der Waals surface area contributed by atoms with Gasteiger partial charge in [0.05, 0.1) is 0 Å². The van der Waals surface area contributed by atoms with E-state index in [1.54, 1.807) is 13.8 Å². The minimum atomic E-state index is -0.167. The van der Waals surface area contributed by atoms with Crippen molar-refractivity contribution >= 4 is 6.21 Å². The van der Waals surface area contributed by atoms with Crippen molar-refractivity contribution in [3.05, 3.63) is 35.4 Å². The van der Waals surface area contributed by atoms with Gasteiger partial charge < -0.3 is 5.11 Å². The van der Waals surface area contributed by atoms with E-state index in [-0.39, 0.29) is 6.10 Å². The summed E-state index contributed by atoms with van der Waals surface area (Å²) in [5.41, 5.74) is 2.71. The fourth-order valence-corrected chi connectivity index (χ4v) is 1.24. The second kappa shape index (κ2) is 5.55. The van der Waals surface area contributed by atoms with Crippen molar-refractivity contribution in [2.45, 2.75) is 26.4 Å². The molecule has 76 valence electrons. The van der Waals surface area contributed by atoms with Crippen molar-refractivity contribution in [2.75, 3.05) is 6.54 Å². The van der Waals surface area contributed by atoms with Crippen LogP contribution in [0.1, 0.15) is 25.0 Å². The summed E-state index contributed by atoms with van der Waals surface area (Å²) in [5, 5.41) is 8.06. The summed E-state index contributed by atoms with van der Waals surface area (Å²) in [7, 11) is 0. The third-order valence-corrected chi connectivity index (χ3v) is 1.80.